The number of benzene rings is 1. The van der Waals surface area contributed by atoms with Gasteiger partial charge in [-0.3, -0.25) is 4.79 Å². The number of piperidine rings is 1. The maximum absolute atomic E-state index is 13.9. The molecule has 0 atom stereocenters. The normalized spacial score (nSPS) is 21.4. The molecular formula is C16H19BrFNO. The van der Waals surface area contributed by atoms with Gasteiger partial charge in [-0.05, 0) is 49.3 Å². The highest BCUT2D eigenvalue weighted by Crippen LogP contribution is 2.46. The number of amides is 1. The van der Waals surface area contributed by atoms with Gasteiger partial charge in [-0.25, -0.2) is 4.39 Å². The Morgan fingerprint density at radius 3 is 2.40 bits per heavy atom. The molecule has 1 saturated heterocycles. The van der Waals surface area contributed by atoms with Crippen molar-refractivity contribution in [2.24, 2.45) is 5.41 Å². The van der Waals surface area contributed by atoms with Crippen molar-refractivity contribution >= 4 is 21.8 Å². The average molecular weight is 340 g/mol. The Morgan fingerprint density at radius 2 is 1.80 bits per heavy atom. The summed E-state index contributed by atoms with van der Waals surface area (Å²) in [4.78, 5) is 14.2. The zero-order chi connectivity index (χ0) is 14.2. The molecule has 20 heavy (non-hydrogen) atoms. The molecule has 1 aromatic rings. The topological polar surface area (TPSA) is 20.3 Å². The third-order valence-corrected chi connectivity index (χ3v) is 5.43. The molecule has 0 N–H and O–H groups in total. The van der Waals surface area contributed by atoms with Crippen LogP contribution < -0.4 is 0 Å². The van der Waals surface area contributed by atoms with Crippen LogP contribution in [0.1, 0.15) is 48.9 Å². The van der Waals surface area contributed by atoms with Crippen molar-refractivity contribution in [1.29, 1.82) is 0 Å². The molecule has 2 nitrogen and oxygen atoms in total. The van der Waals surface area contributed by atoms with E-state index >= 15 is 0 Å². The van der Waals surface area contributed by atoms with Crippen LogP contribution in [0.4, 0.5) is 4.39 Å². The Balaban J connectivity index is 1.69. The second-order valence-corrected chi connectivity index (χ2v) is 7.04. The van der Waals surface area contributed by atoms with Gasteiger partial charge in [-0.1, -0.05) is 28.8 Å². The SMILES string of the molecule is O=C(c1ccc(Br)cc1F)N1CCC2(CCCC2)CC1. The van der Waals surface area contributed by atoms with Gasteiger partial charge in [0.2, 0.25) is 0 Å². The first-order valence-electron chi connectivity index (χ1n) is 7.34. The number of hydrogen-bond acceptors (Lipinski definition) is 1. The predicted octanol–water partition coefficient (Wildman–Crippen LogP) is 4.38. The van der Waals surface area contributed by atoms with E-state index in [9.17, 15) is 9.18 Å². The van der Waals surface area contributed by atoms with E-state index in [2.05, 4.69) is 15.9 Å². The summed E-state index contributed by atoms with van der Waals surface area (Å²) in [6.07, 6.45) is 7.43. The van der Waals surface area contributed by atoms with Crippen LogP contribution in [0.2, 0.25) is 0 Å². The molecule has 0 aromatic heterocycles. The molecule has 0 bridgehead atoms. The van der Waals surface area contributed by atoms with Crippen LogP contribution in [0.5, 0.6) is 0 Å². The first-order chi connectivity index (χ1) is 9.60. The number of rotatable bonds is 1. The highest BCUT2D eigenvalue weighted by molar-refractivity contribution is 9.10. The monoisotopic (exact) mass is 339 g/mol. The average Bonchev–Trinajstić information content (AvgIpc) is 2.87. The lowest BCUT2D eigenvalue weighted by atomic mass is 9.77. The van der Waals surface area contributed by atoms with Gasteiger partial charge in [0.1, 0.15) is 5.82 Å². The van der Waals surface area contributed by atoms with Crippen LogP contribution in [0.15, 0.2) is 22.7 Å². The van der Waals surface area contributed by atoms with Crippen LogP contribution in [-0.4, -0.2) is 23.9 Å². The Hall–Kier alpha value is -0.900. The third kappa shape index (κ3) is 2.62. The summed E-state index contributed by atoms with van der Waals surface area (Å²) in [7, 11) is 0. The van der Waals surface area contributed by atoms with Gasteiger partial charge in [0.05, 0.1) is 5.56 Å². The van der Waals surface area contributed by atoms with Gasteiger partial charge in [-0.15, -0.1) is 0 Å². The number of nitrogens with zero attached hydrogens (tertiary/aromatic N) is 1. The second kappa shape index (κ2) is 5.47. The molecule has 1 aromatic carbocycles. The van der Waals surface area contributed by atoms with Crippen LogP contribution in [0.25, 0.3) is 0 Å². The number of likely N-dealkylation sites (tertiary alicyclic amines) is 1. The zero-order valence-corrected chi connectivity index (χ0v) is 13.1. The van der Waals surface area contributed by atoms with Gasteiger partial charge >= 0.3 is 0 Å². The van der Waals surface area contributed by atoms with Gasteiger partial charge in [-0.2, -0.15) is 0 Å². The Kier molecular flexibility index (Phi) is 3.85. The van der Waals surface area contributed by atoms with Gasteiger partial charge in [0.15, 0.2) is 0 Å². The summed E-state index contributed by atoms with van der Waals surface area (Å²) in [6, 6.07) is 4.65. The first kappa shape index (κ1) is 14.1. The minimum absolute atomic E-state index is 0.164. The minimum Gasteiger partial charge on any atom is -0.339 e. The van der Waals surface area contributed by atoms with Crippen LogP contribution in [0.3, 0.4) is 0 Å². The lowest BCUT2D eigenvalue weighted by Gasteiger charge is -2.39. The lowest BCUT2D eigenvalue weighted by molar-refractivity contribution is 0.0583. The predicted molar refractivity (Wildman–Crippen MR) is 80.1 cm³/mol. The van der Waals surface area contributed by atoms with E-state index in [1.807, 2.05) is 4.90 Å². The molecule has 0 unspecified atom stereocenters. The molecule has 1 heterocycles. The molecule has 1 aliphatic carbocycles. The largest absolute Gasteiger partial charge is 0.339 e. The maximum Gasteiger partial charge on any atom is 0.256 e. The smallest absolute Gasteiger partial charge is 0.256 e. The maximum atomic E-state index is 13.9. The molecule has 4 heteroatoms. The van der Waals surface area contributed by atoms with E-state index in [-0.39, 0.29) is 11.5 Å². The van der Waals surface area contributed by atoms with E-state index in [1.165, 1.54) is 31.7 Å². The zero-order valence-electron chi connectivity index (χ0n) is 11.5. The number of halogens is 2. The molecule has 1 aliphatic heterocycles. The van der Waals surface area contributed by atoms with E-state index in [1.54, 1.807) is 12.1 Å². The molecule has 3 rings (SSSR count). The van der Waals surface area contributed by atoms with Crippen molar-refractivity contribution in [2.45, 2.75) is 38.5 Å². The summed E-state index contributed by atoms with van der Waals surface area (Å²) < 4.78 is 14.5. The number of hydrogen-bond donors (Lipinski definition) is 0. The first-order valence-corrected chi connectivity index (χ1v) is 8.13. The Morgan fingerprint density at radius 1 is 1.15 bits per heavy atom. The summed E-state index contributed by atoms with van der Waals surface area (Å²) >= 11 is 3.22. The quantitative estimate of drug-likeness (QED) is 0.743. The van der Waals surface area contributed by atoms with Crippen molar-refractivity contribution in [3.8, 4) is 0 Å². The van der Waals surface area contributed by atoms with E-state index in [4.69, 9.17) is 0 Å². The number of carbonyl (C=O) groups is 1. The molecule has 108 valence electrons. The highest BCUT2D eigenvalue weighted by atomic mass is 79.9. The van der Waals surface area contributed by atoms with E-state index < -0.39 is 5.82 Å². The van der Waals surface area contributed by atoms with Crippen molar-refractivity contribution in [3.63, 3.8) is 0 Å². The van der Waals surface area contributed by atoms with Gasteiger partial charge in [0.25, 0.3) is 5.91 Å². The summed E-state index contributed by atoms with van der Waals surface area (Å²) in [5, 5.41) is 0. The molecule has 1 spiro atoms. The van der Waals surface area contributed by atoms with Crippen molar-refractivity contribution in [1.82, 2.24) is 4.90 Å². The summed E-state index contributed by atoms with van der Waals surface area (Å²) in [6.45, 7) is 1.54. The third-order valence-electron chi connectivity index (χ3n) is 4.94. The summed E-state index contributed by atoms with van der Waals surface area (Å²) in [5.41, 5.74) is 0.672. The fraction of sp³-hybridized carbons (Fsp3) is 0.562. The Bertz CT molecular complexity index is 515. The molecule has 1 saturated carbocycles. The van der Waals surface area contributed by atoms with Crippen molar-refractivity contribution in [3.05, 3.63) is 34.1 Å². The van der Waals surface area contributed by atoms with Crippen LogP contribution >= 0.6 is 15.9 Å². The molecule has 1 amide bonds. The molecule has 2 fully saturated rings. The minimum atomic E-state index is -0.439. The fourth-order valence-electron chi connectivity index (χ4n) is 3.64. The van der Waals surface area contributed by atoms with Crippen molar-refractivity contribution < 1.29 is 9.18 Å². The standard InChI is InChI=1S/C16H19BrFNO/c17-12-3-4-13(14(18)11-12)15(20)19-9-7-16(8-10-19)5-1-2-6-16/h3-4,11H,1-2,5-10H2. The second-order valence-electron chi connectivity index (χ2n) is 6.12. The van der Waals surface area contributed by atoms with Gasteiger partial charge in [0, 0.05) is 17.6 Å². The number of carbonyl (C=O) groups excluding carboxylic acids is 1. The molecule has 2 aliphatic rings. The van der Waals surface area contributed by atoms with E-state index in [0.717, 1.165) is 25.9 Å². The van der Waals surface area contributed by atoms with Crippen molar-refractivity contribution in [2.75, 3.05) is 13.1 Å². The Labute approximate surface area is 127 Å². The highest BCUT2D eigenvalue weighted by Gasteiger charge is 2.38. The van der Waals surface area contributed by atoms with Crippen LogP contribution in [-0.2, 0) is 0 Å². The fourth-order valence-corrected chi connectivity index (χ4v) is 3.98. The molecule has 0 radical (unpaired) electrons. The van der Waals surface area contributed by atoms with Crippen LogP contribution in [0, 0.1) is 11.2 Å². The van der Waals surface area contributed by atoms with Gasteiger partial charge < -0.3 is 4.90 Å². The summed E-state index contributed by atoms with van der Waals surface area (Å²) in [5.74, 6) is -0.603. The molecular weight excluding hydrogens is 321 g/mol. The lowest BCUT2D eigenvalue weighted by Crippen LogP contribution is -2.42. The van der Waals surface area contributed by atoms with E-state index in [0.29, 0.717) is 9.89 Å².